The smallest absolute Gasteiger partial charge is 0.307 e. The maximum atomic E-state index is 10.1. The molecule has 0 aromatic carbocycles. The summed E-state index contributed by atoms with van der Waals surface area (Å²) in [5.74, 6) is 14.6. The van der Waals surface area contributed by atoms with Gasteiger partial charge in [0, 0.05) is 0 Å². The second kappa shape index (κ2) is 9.72. The highest BCUT2D eigenvalue weighted by atomic mass is 16.4. The van der Waals surface area contributed by atoms with Crippen LogP contribution in [0.1, 0.15) is 13.3 Å². The van der Waals surface area contributed by atoms with Gasteiger partial charge in [0.25, 0.3) is 0 Å². The van der Waals surface area contributed by atoms with Crippen molar-refractivity contribution < 1.29 is 9.90 Å². The maximum Gasteiger partial charge on any atom is 0.307 e. The predicted octanol–water partition coefficient (Wildman–Crippen LogP) is 1.60. The van der Waals surface area contributed by atoms with Gasteiger partial charge in [-0.3, -0.25) is 4.79 Å². The number of allylic oxidation sites excluding steroid dienone is 3. The molecule has 0 aliphatic rings. The molecule has 1 N–H and O–H groups in total. The lowest BCUT2D eigenvalue weighted by Crippen LogP contribution is -1.89. The SMILES string of the molecule is CC#CC#CC#CC=CC=CCC(=O)O. The van der Waals surface area contributed by atoms with E-state index in [4.69, 9.17) is 5.11 Å². The summed E-state index contributed by atoms with van der Waals surface area (Å²) in [5, 5.41) is 8.30. The molecule has 0 saturated heterocycles. The molecule has 0 radical (unpaired) electrons. The van der Waals surface area contributed by atoms with Crippen LogP contribution in [0.2, 0.25) is 0 Å². The average molecular weight is 198 g/mol. The molecular formula is C13H10O2. The third-order valence-corrected chi connectivity index (χ3v) is 1.10. The molecule has 74 valence electrons. The van der Waals surface area contributed by atoms with E-state index >= 15 is 0 Å². The molecule has 0 amide bonds. The van der Waals surface area contributed by atoms with Gasteiger partial charge in [0.15, 0.2) is 0 Å². The zero-order chi connectivity index (χ0) is 11.4. The second-order valence-corrected chi connectivity index (χ2v) is 2.28. The van der Waals surface area contributed by atoms with Crippen molar-refractivity contribution in [2.75, 3.05) is 0 Å². The van der Waals surface area contributed by atoms with Crippen molar-refractivity contribution in [3.63, 3.8) is 0 Å². The van der Waals surface area contributed by atoms with Gasteiger partial charge in [0.1, 0.15) is 0 Å². The Bertz CT molecular complexity index is 434. The van der Waals surface area contributed by atoms with Gasteiger partial charge in [-0.25, -0.2) is 0 Å². The van der Waals surface area contributed by atoms with Crippen LogP contribution < -0.4 is 0 Å². The van der Waals surface area contributed by atoms with Gasteiger partial charge in [0.05, 0.1) is 6.42 Å². The Morgan fingerprint density at radius 3 is 2.60 bits per heavy atom. The molecule has 0 bridgehead atoms. The lowest BCUT2D eigenvalue weighted by molar-refractivity contribution is -0.135. The van der Waals surface area contributed by atoms with Crippen LogP contribution in [0.15, 0.2) is 24.3 Å². The van der Waals surface area contributed by atoms with E-state index in [0.717, 1.165) is 0 Å². The molecule has 0 aliphatic carbocycles. The van der Waals surface area contributed by atoms with Crippen molar-refractivity contribution in [1.82, 2.24) is 0 Å². The highest BCUT2D eigenvalue weighted by Crippen LogP contribution is 1.83. The van der Waals surface area contributed by atoms with Crippen LogP contribution in [0.25, 0.3) is 0 Å². The number of carboxylic acid groups (broad SMARTS) is 1. The Labute approximate surface area is 89.7 Å². The van der Waals surface area contributed by atoms with E-state index in [1.54, 1.807) is 25.2 Å². The Kier molecular flexibility index (Phi) is 8.18. The number of carboxylic acids is 1. The van der Waals surface area contributed by atoms with Crippen molar-refractivity contribution in [3.8, 4) is 35.5 Å². The third-order valence-electron chi connectivity index (χ3n) is 1.10. The number of hydrogen-bond donors (Lipinski definition) is 1. The highest BCUT2D eigenvalue weighted by molar-refractivity contribution is 5.68. The van der Waals surface area contributed by atoms with E-state index in [1.165, 1.54) is 6.08 Å². The van der Waals surface area contributed by atoms with Gasteiger partial charge >= 0.3 is 5.97 Å². The van der Waals surface area contributed by atoms with E-state index in [0.29, 0.717) is 0 Å². The van der Waals surface area contributed by atoms with Gasteiger partial charge in [0.2, 0.25) is 0 Å². The molecule has 0 unspecified atom stereocenters. The van der Waals surface area contributed by atoms with Crippen LogP contribution in [0.5, 0.6) is 0 Å². The fourth-order valence-electron chi connectivity index (χ4n) is 0.554. The largest absolute Gasteiger partial charge is 0.481 e. The minimum Gasteiger partial charge on any atom is -0.481 e. The predicted molar refractivity (Wildman–Crippen MR) is 59.5 cm³/mol. The fraction of sp³-hybridized carbons (Fsp3) is 0.154. The Morgan fingerprint density at radius 1 is 1.20 bits per heavy atom. The summed E-state index contributed by atoms with van der Waals surface area (Å²) in [4.78, 5) is 10.1. The van der Waals surface area contributed by atoms with E-state index in [1.807, 2.05) is 0 Å². The van der Waals surface area contributed by atoms with E-state index in [-0.39, 0.29) is 6.42 Å². The first kappa shape index (κ1) is 12.6. The number of carbonyl (C=O) groups is 1. The van der Waals surface area contributed by atoms with Crippen LogP contribution in [0, 0.1) is 35.5 Å². The van der Waals surface area contributed by atoms with Crippen LogP contribution >= 0.6 is 0 Å². The molecule has 0 aromatic rings. The van der Waals surface area contributed by atoms with Crippen molar-refractivity contribution >= 4 is 5.97 Å². The zero-order valence-corrected chi connectivity index (χ0v) is 8.37. The summed E-state index contributed by atoms with van der Waals surface area (Å²) in [6.07, 6.45) is 6.43. The molecule has 0 spiro atoms. The molecule has 2 nitrogen and oxygen atoms in total. The number of hydrogen-bond acceptors (Lipinski definition) is 1. The first-order chi connectivity index (χ1) is 7.27. The van der Waals surface area contributed by atoms with Crippen LogP contribution in [0.3, 0.4) is 0 Å². The fourth-order valence-corrected chi connectivity index (χ4v) is 0.554. The Hall–Kier alpha value is -2.37. The number of rotatable bonds is 3. The molecule has 0 rings (SSSR count). The zero-order valence-electron chi connectivity index (χ0n) is 8.37. The van der Waals surface area contributed by atoms with Crippen molar-refractivity contribution in [1.29, 1.82) is 0 Å². The molecule has 0 atom stereocenters. The minimum atomic E-state index is -0.852. The Balaban J connectivity index is 3.89. The van der Waals surface area contributed by atoms with Crippen molar-refractivity contribution in [2.45, 2.75) is 13.3 Å². The third kappa shape index (κ3) is 11.6. The quantitative estimate of drug-likeness (QED) is 0.552. The summed E-state index contributed by atoms with van der Waals surface area (Å²) >= 11 is 0. The number of aliphatic carboxylic acids is 1. The Morgan fingerprint density at radius 2 is 1.93 bits per heavy atom. The monoisotopic (exact) mass is 198 g/mol. The van der Waals surface area contributed by atoms with E-state index in [2.05, 4.69) is 35.5 Å². The molecule has 0 aromatic heterocycles. The van der Waals surface area contributed by atoms with Gasteiger partial charge in [-0.1, -0.05) is 30.1 Å². The average Bonchev–Trinajstić information content (AvgIpc) is 2.20. The molecule has 0 saturated carbocycles. The molecule has 15 heavy (non-hydrogen) atoms. The summed E-state index contributed by atoms with van der Waals surface area (Å²) in [6.45, 7) is 1.70. The molecule has 0 fully saturated rings. The first-order valence-corrected chi connectivity index (χ1v) is 4.23. The van der Waals surface area contributed by atoms with Crippen LogP contribution in [-0.4, -0.2) is 11.1 Å². The van der Waals surface area contributed by atoms with Crippen LogP contribution in [0.4, 0.5) is 0 Å². The molecule has 0 heterocycles. The van der Waals surface area contributed by atoms with Crippen LogP contribution in [-0.2, 0) is 4.79 Å². The first-order valence-electron chi connectivity index (χ1n) is 4.23. The normalized spacial score (nSPS) is 8.33. The summed E-state index contributed by atoms with van der Waals surface area (Å²) < 4.78 is 0. The lowest BCUT2D eigenvalue weighted by Gasteiger charge is -1.79. The van der Waals surface area contributed by atoms with Gasteiger partial charge in [-0.2, -0.15) is 0 Å². The summed E-state index contributed by atoms with van der Waals surface area (Å²) in [5.41, 5.74) is 0. The summed E-state index contributed by atoms with van der Waals surface area (Å²) in [6, 6.07) is 0. The standard InChI is InChI=1S/C13H10O2/c1-2-3-4-5-6-7-8-9-10-11-12-13(14)15/h8-11H,12H2,1H3,(H,14,15). The molecule has 0 aliphatic heterocycles. The minimum absolute atomic E-state index is 0.0175. The van der Waals surface area contributed by atoms with E-state index in [9.17, 15) is 4.79 Å². The van der Waals surface area contributed by atoms with Gasteiger partial charge in [-0.05, 0) is 36.7 Å². The molecular weight excluding hydrogens is 188 g/mol. The van der Waals surface area contributed by atoms with Crippen molar-refractivity contribution in [3.05, 3.63) is 24.3 Å². The van der Waals surface area contributed by atoms with Gasteiger partial charge in [-0.15, -0.1) is 0 Å². The van der Waals surface area contributed by atoms with Gasteiger partial charge < -0.3 is 5.11 Å². The highest BCUT2D eigenvalue weighted by Gasteiger charge is 1.86. The lowest BCUT2D eigenvalue weighted by atomic mass is 10.3. The maximum absolute atomic E-state index is 10.1. The topological polar surface area (TPSA) is 37.3 Å². The van der Waals surface area contributed by atoms with E-state index < -0.39 is 5.97 Å². The van der Waals surface area contributed by atoms with Crippen molar-refractivity contribution in [2.24, 2.45) is 0 Å². The molecule has 2 heteroatoms. The second-order valence-electron chi connectivity index (χ2n) is 2.28. The summed E-state index contributed by atoms with van der Waals surface area (Å²) in [7, 11) is 0.